The molecular weight excluding hydrogens is 308 g/mol. The lowest BCUT2D eigenvalue weighted by Gasteiger charge is -2.32. The van der Waals surface area contributed by atoms with Crippen LogP contribution in [0.3, 0.4) is 0 Å². The highest BCUT2D eigenvalue weighted by molar-refractivity contribution is 5.96. The van der Waals surface area contributed by atoms with Crippen LogP contribution >= 0.6 is 0 Å². The number of rotatable bonds is 5. The van der Waals surface area contributed by atoms with Gasteiger partial charge in [0.1, 0.15) is 12.7 Å². The molecular formula is C16H20N6O2. The summed E-state index contributed by atoms with van der Waals surface area (Å²) in [6.07, 6.45) is 3.48. The number of imide groups is 1. The summed E-state index contributed by atoms with van der Waals surface area (Å²) in [5.41, 5.74) is 2.02. The fourth-order valence-corrected chi connectivity index (χ4v) is 2.61. The minimum atomic E-state index is -0.327. The van der Waals surface area contributed by atoms with Gasteiger partial charge in [0.15, 0.2) is 0 Å². The minimum absolute atomic E-state index is 0.0531. The van der Waals surface area contributed by atoms with Crippen molar-refractivity contribution < 1.29 is 9.59 Å². The van der Waals surface area contributed by atoms with Crippen molar-refractivity contribution >= 4 is 11.9 Å². The predicted octanol–water partition coefficient (Wildman–Crippen LogP) is 1.16. The zero-order chi connectivity index (χ0) is 17.1. The Hall–Kier alpha value is -2.74. The highest BCUT2D eigenvalue weighted by Crippen LogP contribution is 2.21. The largest absolute Gasteiger partial charge is 0.337 e. The molecule has 1 saturated heterocycles. The lowest BCUT2D eigenvalue weighted by Crippen LogP contribution is -2.53. The summed E-state index contributed by atoms with van der Waals surface area (Å²) >= 11 is 0. The number of carbonyl (C=O) groups excluding carboxylic acids is 2. The number of amides is 3. The minimum Gasteiger partial charge on any atom is -0.337 e. The molecule has 3 rings (SSSR count). The Balaban J connectivity index is 1.68. The number of urea groups is 1. The third-order valence-electron chi connectivity index (χ3n) is 4.25. The average molecular weight is 328 g/mol. The van der Waals surface area contributed by atoms with Crippen LogP contribution < -0.4 is 5.32 Å². The number of benzene rings is 1. The summed E-state index contributed by atoms with van der Waals surface area (Å²) < 4.78 is 1.69. The van der Waals surface area contributed by atoms with Crippen molar-refractivity contribution in [3.8, 4) is 5.69 Å². The van der Waals surface area contributed by atoms with Crippen molar-refractivity contribution in [2.24, 2.45) is 0 Å². The second-order valence-electron chi connectivity index (χ2n) is 5.81. The zero-order valence-corrected chi connectivity index (χ0v) is 13.7. The van der Waals surface area contributed by atoms with Crippen molar-refractivity contribution in [3.63, 3.8) is 0 Å². The highest BCUT2D eigenvalue weighted by Gasteiger charge is 2.27. The Morgan fingerprint density at radius 2 is 2.04 bits per heavy atom. The number of hydrogen-bond acceptors (Lipinski definition) is 5. The molecule has 1 atom stereocenters. The van der Waals surface area contributed by atoms with Gasteiger partial charge in [-0.3, -0.25) is 14.6 Å². The number of hydrogen-bond donors (Lipinski definition) is 1. The molecule has 0 saturated carbocycles. The van der Waals surface area contributed by atoms with E-state index in [2.05, 4.69) is 15.4 Å². The summed E-state index contributed by atoms with van der Waals surface area (Å²) in [5.74, 6) is -0.140. The van der Waals surface area contributed by atoms with E-state index in [4.69, 9.17) is 0 Å². The molecule has 1 aliphatic heterocycles. The van der Waals surface area contributed by atoms with Gasteiger partial charge in [-0.1, -0.05) is 12.1 Å². The molecule has 2 aromatic rings. The van der Waals surface area contributed by atoms with Crippen LogP contribution in [-0.4, -0.2) is 56.8 Å². The van der Waals surface area contributed by atoms with Crippen LogP contribution in [0.25, 0.3) is 5.69 Å². The lowest BCUT2D eigenvalue weighted by molar-refractivity contribution is -0.131. The topological polar surface area (TPSA) is 83.4 Å². The molecule has 0 aliphatic carbocycles. The van der Waals surface area contributed by atoms with E-state index in [-0.39, 0.29) is 24.6 Å². The Bertz CT molecular complexity index is 697. The molecule has 8 heteroatoms. The maximum absolute atomic E-state index is 11.9. The highest BCUT2D eigenvalue weighted by atomic mass is 16.2. The molecule has 0 unspecified atom stereocenters. The second kappa shape index (κ2) is 6.79. The number of nitrogens with one attached hydrogen (secondary N) is 1. The van der Waals surface area contributed by atoms with Crippen molar-refractivity contribution in [3.05, 3.63) is 42.5 Å². The molecule has 0 radical (unpaired) electrons. The first-order valence-corrected chi connectivity index (χ1v) is 7.79. The van der Waals surface area contributed by atoms with Crippen molar-refractivity contribution in [2.45, 2.75) is 19.4 Å². The van der Waals surface area contributed by atoms with Crippen LogP contribution in [0.15, 0.2) is 36.9 Å². The maximum Gasteiger partial charge on any atom is 0.325 e. The molecule has 1 aromatic heterocycles. The van der Waals surface area contributed by atoms with Crippen LogP contribution in [0, 0.1) is 0 Å². The van der Waals surface area contributed by atoms with Crippen molar-refractivity contribution in [2.75, 3.05) is 20.3 Å². The number of aromatic nitrogens is 3. The van der Waals surface area contributed by atoms with Gasteiger partial charge in [0.2, 0.25) is 5.91 Å². The third-order valence-corrected chi connectivity index (χ3v) is 4.25. The van der Waals surface area contributed by atoms with Gasteiger partial charge in [-0.25, -0.2) is 14.5 Å². The molecule has 8 nitrogen and oxygen atoms in total. The molecule has 1 N–H and O–H groups in total. The van der Waals surface area contributed by atoms with Gasteiger partial charge < -0.3 is 5.32 Å². The average Bonchev–Trinajstić information content (AvgIpc) is 3.12. The van der Waals surface area contributed by atoms with E-state index in [1.165, 1.54) is 11.2 Å². The van der Waals surface area contributed by atoms with Crippen LogP contribution in [-0.2, 0) is 4.79 Å². The summed E-state index contributed by atoms with van der Waals surface area (Å²) in [6, 6.07) is 7.68. The quantitative estimate of drug-likeness (QED) is 0.890. The second-order valence-corrected chi connectivity index (χ2v) is 5.81. The molecule has 0 bridgehead atoms. The Kier molecular flexibility index (Phi) is 4.57. The first-order valence-electron chi connectivity index (χ1n) is 7.79. The molecule has 24 heavy (non-hydrogen) atoms. The Morgan fingerprint density at radius 1 is 1.29 bits per heavy atom. The molecule has 2 heterocycles. The van der Waals surface area contributed by atoms with Gasteiger partial charge in [0, 0.05) is 19.0 Å². The van der Waals surface area contributed by atoms with Crippen LogP contribution in [0.4, 0.5) is 4.79 Å². The number of nitrogens with zero attached hydrogens (tertiary/aromatic N) is 5. The van der Waals surface area contributed by atoms with E-state index in [1.54, 1.807) is 11.0 Å². The van der Waals surface area contributed by atoms with Gasteiger partial charge in [0.25, 0.3) is 0 Å². The van der Waals surface area contributed by atoms with Crippen LogP contribution in [0.2, 0.25) is 0 Å². The summed E-state index contributed by atoms with van der Waals surface area (Å²) in [5, 5.41) is 6.79. The van der Waals surface area contributed by atoms with Crippen molar-refractivity contribution in [1.82, 2.24) is 29.9 Å². The van der Waals surface area contributed by atoms with E-state index in [0.29, 0.717) is 13.0 Å². The summed E-state index contributed by atoms with van der Waals surface area (Å²) in [7, 11) is 1.89. The van der Waals surface area contributed by atoms with Gasteiger partial charge in [-0.2, -0.15) is 5.10 Å². The van der Waals surface area contributed by atoms with Gasteiger partial charge in [0.05, 0.1) is 12.4 Å². The molecule has 0 spiro atoms. The fourth-order valence-electron chi connectivity index (χ4n) is 2.61. The van der Waals surface area contributed by atoms with E-state index in [9.17, 15) is 9.59 Å². The van der Waals surface area contributed by atoms with Gasteiger partial charge in [-0.15, -0.1) is 0 Å². The zero-order valence-electron chi connectivity index (χ0n) is 13.7. The lowest BCUT2D eigenvalue weighted by atomic mass is 10.1. The fraction of sp³-hybridized carbons (Fsp3) is 0.375. The van der Waals surface area contributed by atoms with E-state index in [0.717, 1.165) is 11.3 Å². The van der Waals surface area contributed by atoms with Crippen LogP contribution in [0.1, 0.15) is 24.9 Å². The van der Waals surface area contributed by atoms with Crippen molar-refractivity contribution in [1.29, 1.82) is 0 Å². The van der Waals surface area contributed by atoms with E-state index in [1.807, 2.05) is 43.1 Å². The standard InChI is InChI=1S/C16H20N6O2/c1-12(20(2)11-21-15(23)7-8-18-16(21)24)13-3-5-14(6-4-13)22-10-17-9-19-22/h3-6,9-10,12H,7-8,11H2,1-2H3,(H,18,24)/t12-/m0/s1. The van der Waals surface area contributed by atoms with Gasteiger partial charge >= 0.3 is 6.03 Å². The van der Waals surface area contributed by atoms with E-state index < -0.39 is 0 Å². The van der Waals surface area contributed by atoms with E-state index >= 15 is 0 Å². The third kappa shape index (κ3) is 3.28. The summed E-state index contributed by atoms with van der Waals surface area (Å²) in [6.45, 7) is 2.71. The number of carbonyl (C=O) groups is 2. The maximum atomic E-state index is 11.9. The molecule has 1 aliphatic rings. The smallest absolute Gasteiger partial charge is 0.325 e. The molecule has 126 valence electrons. The Morgan fingerprint density at radius 3 is 2.67 bits per heavy atom. The first kappa shape index (κ1) is 16.1. The Labute approximate surface area is 140 Å². The van der Waals surface area contributed by atoms with Crippen LogP contribution in [0.5, 0.6) is 0 Å². The summed E-state index contributed by atoms with van der Waals surface area (Å²) in [4.78, 5) is 30.9. The molecule has 1 aromatic carbocycles. The normalized spacial score (nSPS) is 16.4. The first-order chi connectivity index (χ1) is 11.6. The predicted molar refractivity (Wildman–Crippen MR) is 87.3 cm³/mol. The molecule has 3 amide bonds. The SMILES string of the molecule is C[C@@H](c1ccc(-n2cncn2)cc1)N(C)CN1C(=O)CCNC1=O. The van der Waals surface area contributed by atoms with Gasteiger partial charge in [-0.05, 0) is 31.7 Å². The monoisotopic (exact) mass is 328 g/mol. The molecule has 1 fully saturated rings.